The number of carbonyl (C=O) groups is 1. The van der Waals surface area contributed by atoms with E-state index < -0.39 is 0 Å². The summed E-state index contributed by atoms with van der Waals surface area (Å²) < 4.78 is 0. The highest BCUT2D eigenvalue weighted by molar-refractivity contribution is 7.14. The van der Waals surface area contributed by atoms with Crippen molar-refractivity contribution in [3.05, 3.63) is 60.0 Å². The van der Waals surface area contributed by atoms with Crippen molar-refractivity contribution < 1.29 is 4.79 Å². The molecule has 0 bridgehead atoms. The number of aromatic nitrogens is 1. The zero-order valence-corrected chi connectivity index (χ0v) is 16.6. The monoisotopic (exact) mass is 378 g/mol. The number of nitrogens with zero attached hydrogens (tertiary/aromatic N) is 1. The van der Waals surface area contributed by atoms with Gasteiger partial charge in [-0.2, -0.15) is 0 Å². The van der Waals surface area contributed by atoms with E-state index in [-0.39, 0.29) is 5.91 Å². The predicted molar refractivity (Wildman–Crippen MR) is 115 cm³/mol. The van der Waals surface area contributed by atoms with Crippen LogP contribution in [0.25, 0.3) is 22.4 Å². The van der Waals surface area contributed by atoms with Gasteiger partial charge < -0.3 is 5.32 Å². The number of rotatable bonds is 9. The molecule has 1 heterocycles. The normalized spacial score (nSPS) is 10.7. The molecular formula is C23H26N2OS. The Kier molecular flexibility index (Phi) is 7.17. The van der Waals surface area contributed by atoms with E-state index in [1.807, 2.05) is 23.6 Å². The van der Waals surface area contributed by atoms with Crippen LogP contribution in [0.2, 0.25) is 0 Å². The van der Waals surface area contributed by atoms with Crippen LogP contribution >= 0.6 is 11.3 Å². The van der Waals surface area contributed by atoms with Gasteiger partial charge in [-0.1, -0.05) is 87.2 Å². The van der Waals surface area contributed by atoms with Gasteiger partial charge in [0.15, 0.2) is 5.13 Å². The van der Waals surface area contributed by atoms with E-state index in [0.29, 0.717) is 11.6 Å². The fraction of sp³-hybridized carbons (Fsp3) is 0.304. The second-order valence-electron chi connectivity index (χ2n) is 6.69. The number of nitrogens with one attached hydrogen (secondary N) is 1. The van der Waals surface area contributed by atoms with Crippen LogP contribution in [0, 0.1) is 0 Å². The van der Waals surface area contributed by atoms with Gasteiger partial charge in [0.2, 0.25) is 5.91 Å². The molecule has 0 unspecified atom stereocenters. The van der Waals surface area contributed by atoms with Crippen molar-refractivity contribution >= 4 is 22.4 Å². The molecule has 3 aromatic rings. The van der Waals surface area contributed by atoms with E-state index in [0.717, 1.165) is 24.1 Å². The van der Waals surface area contributed by atoms with Crippen molar-refractivity contribution in [1.82, 2.24) is 4.98 Å². The van der Waals surface area contributed by atoms with E-state index >= 15 is 0 Å². The summed E-state index contributed by atoms with van der Waals surface area (Å²) in [5.41, 5.74) is 4.35. The van der Waals surface area contributed by atoms with Crippen molar-refractivity contribution in [2.75, 3.05) is 5.32 Å². The van der Waals surface area contributed by atoms with E-state index in [9.17, 15) is 4.79 Å². The molecule has 4 heteroatoms. The summed E-state index contributed by atoms with van der Waals surface area (Å²) in [6, 6.07) is 18.7. The molecule has 1 aromatic heterocycles. The van der Waals surface area contributed by atoms with Gasteiger partial charge in [0.25, 0.3) is 0 Å². The minimum atomic E-state index is 0.0619. The summed E-state index contributed by atoms with van der Waals surface area (Å²) in [4.78, 5) is 16.6. The van der Waals surface area contributed by atoms with Gasteiger partial charge in [-0.05, 0) is 17.5 Å². The maximum Gasteiger partial charge on any atom is 0.226 e. The zero-order chi connectivity index (χ0) is 18.9. The molecule has 0 aliphatic heterocycles. The summed E-state index contributed by atoms with van der Waals surface area (Å²) in [5, 5.41) is 5.60. The van der Waals surface area contributed by atoms with E-state index in [2.05, 4.69) is 53.6 Å². The highest BCUT2D eigenvalue weighted by Crippen LogP contribution is 2.27. The maximum atomic E-state index is 12.0. The lowest BCUT2D eigenvalue weighted by Gasteiger charge is -2.03. The third-order valence-corrected chi connectivity index (χ3v) is 5.30. The quantitative estimate of drug-likeness (QED) is 0.417. The van der Waals surface area contributed by atoms with Crippen molar-refractivity contribution in [3.8, 4) is 22.4 Å². The molecule has 0 aliphatic carbocycles. The number of thiazole rings is 1. The molecule has 0 aliphatic rings. The molecule has 0 atom stereocenters. The Bertz CT molecular complexity index is 840. The maximum absolute atomic E-state index is 12.0. The number of hydrogen-bond acceptors (Lipinski definition) is 3. The van der Waals surface area contributed by atoms with Gasteiger partial charge in [0.05, 0.1) is 5.69 Å². The lowest BCUT2D eigenvalue weighted by Crippen LogP contribution is -2.10. The van der Waals surface area contributed by atoms with Crippen LogP contribution in [-0.2, 0) is 4.79 Å². The smallest absolute Gasteiger partial charge is 0.226 e. The molecule has 0 spiro atoms. The number of unbranched alkanes of at least 4 members (excludes halogenated alkanes) is 4. The van der Waals surface area contributed by atoms with Crippen LogP contribution in [0.1, 0.15) is 45.4 Å². The average Bonchev–Trinajstić information content (AvgIpc) is 3.17. The first kappa shape index (κ1) is 19.3. The summed E-state index contributed by atoms with van der Waals surface area (Å²) in [5.74, 6) is 0.0619. The van der Waals surface area contributed by atoms with E-state index in [1.165, 1.54) is 41.7 Å². The highest BCUT2D eigenvalue weighted by Gasteiger charge is 2.08. The lowest BCUT2D eigenvalue weighted by atomic mass is 10.0. The molecular weight excluding hydrogens is 352 g/mol. The molecule has 3 nitrogen and oxygen atoms in total. The third-order valence-electron chi connectivity index (χ3n) is 4.55. The van der Waals surface area contributed by atoms with Crippen molar-refractivity contribution in [2.24, 2.45) is 0 Å². The summed E-state index contributed by atoms with van der Waals surface area (Å²) in [6.07, 6.45) is 6.33. The van der Waals surface area contributed by atoms with Crippen molar-refractivity contribution in [2.45, 2.75) is 45.4 Å². The molecule has 0 saturated carbocycles. The Morgan fingerprint density at radius 1 is 0.889 bits per heavy atom. The average molecular weight is 379 g/mol. The van der Waals surface area contributed by atoms with Gasteiger partial charge in [0, 0.05) is 17.4 Å². The molecule has 1 N–H and O–H groups in total. The van der Waals surface area contributed by atoms with Gasteiger partial charge in [-0.25, -0.2) is 4.98 Å². The summed E-state index contributed by atoms with van der Waals surface area (Å²) in [7, 11) is 0. The number of hydrogen-bond donors (Lipinski definition) is 1. The first-order valence-electron chi connectivity index (χ1n) is 9.67. The van der Waals surface area contributed by atoms with Crippen molar-refractivity contribution in [3.63, 3.8) is 0 Å². The van der Waals surface area contributed by atoms with Gasteiger partial charge >= 0.3 is 0 Å². The largest absolute Gasteiger partial charge is 0.302 e. The first-order chi connectivity index (χ1) is 13.3. The van der Waals surface area contributed by atoms with Crippen LogP contribution in [0.5, 0.6) is 0 Å². The topological polar surface area (TPSA) is 42.0 Å². The lowest BCUT2D eigenvalue weighted by molar-refractivity contribution is -0.116. The Morgan fingerprint density at radius 3 is 2.30 bits per heavy atom. The summed E-state index contributed by atoms with van der Waals surface area (Å²) in [6.45, 7) is 2.20. The molecule has 0 radical (unpaired) electrons. The first-order valence-corrected chi connectivity index (χ1v) is 10.6. The molecule has 140 valence electrons. The minimum absolute atomic E-state index is 0.0619. The second kappa shape index (κ2) is 10.0. The van der Waals surface area contributed by atoms with Gasteiger partial charge in [-0.3, -0.25) is 4.79 Å². The van der Waals surface area contributed by atoms with Crippen LogP contribution < -0.4 is 5.32 Å². The Hall–Kier alpha value is -2.46. The second-order valence-corrected chi connectivity index (χ2v) is 7.55. The molecule has 2 aromatic carbocycles. The fourth-order valence-corrected chi connectivity index (χ4v) is 3.73. The number of anilines is 1. The Morgan fingerprint density at radius 2 is 1.56 bits per heavy atom. The molecule has 0 fully saturated rings. The fourth-order valence-electron chi connectivity index (χ4n) is 3.00. The van der Waals surface area contributed by atoms with Gasteiger partial charge in [0.1, 0.15) is 0 Å². The molecule has 0 saturated heterocycles. The zero-order valence-electron chi connectivity index (χ0n) is 15.8. The van der Waals surface area contributed by atoms with Crippen LogP contribution in [-0.4, -0.2) is 10.9 Å². The molecule has 1 amide bonds. The van der Waals surface area contributed by atoms with Crippen molar-refractivity contribution in [1.29, 1.82) is 0 Å². The Labute approximate surface area is 165 Å². The van der Waals surface area contributed by atoms with Crippen LogP contribution in [0.3, 0.4) is 0 Å². The number of benzene rings is 2. The van der Waals surface area contributed by atoms with Crippen LogP contribution in [0.15, 0.2) is 60.0 Å². The predicted octanol–water partition coefficient (Wildman–Crippen LogP) is 6.78. The van der Waals surface area contributed by atoms with E-state index in [1.54, 1.807) is 0 Å². The Balaban J connectivity index is 1.55. The molecule has 27 heavy (non-hydrogen) atoms. The number of carbonyl (C=O) groups excluding carboxylic acids is 1. The van der Waals surface area contributed by atoms with Gasteiger partial charge in [-0.15, -0.1) is 11.3 Å². The standard InChI is InChI=1S/C23H26N2OS/c1-2-3-4-5-9-12-22(26)25-23-24-21(17-27-23)20-15-13-19(14-16-20)18-10-7-6-8-11-18/h6-8,10-11,13-17H,2-5,9,12H2,1H3,(H,24,25,26). The highest BCUT2D eigenvalue weighted by atomic mass is 32.1. The SMILES string of the molecule is CCCCCCCC(=O)Nc1nc(-c2ccc(-c3ccccc3)cc2)cs1. The minimum Gasteiger partial charge on any atom is -0.302 e. The number of amides is 1. The van der Waals surface area contributed by atoms with Crippen LogP contribution in [0.4, 0.5) is 5.13 Å². The summed E-state index contributed by atoms with van der Waals surface area (Å²) >= 11 is 1.48. The van der Waals surface area contributed by atoms with E-state index in [4.69, 9.17) is 0 Å². The third kappa shape index (κ3) is 5.76. The molecule has 3 rings (SSSR count).